The third kappa shape index (κ3) is 5.23. The molecule has 154 valence electrons. The van der Waals surface area contributed by atoms with Crippen LogP contribution < -0.4 is 5.32 Å². The Morgan fingerprint density at radius 1 is 1.10 bits per heavy atom. The van der Waals surface area contributed by atoms with Crippen molar-refractivity contribution >= 4 is 27.1 Å². The maximum atomic E-state index is 13.6. The summed E-state index contributed by atoms with van der Waals surface area (Å²) in [6, 6.07) is 8.02. The van der Waals surface area contributed by atoms with E-state index in [1.807, 2.05) is 0 Å². The number of benzene rings is 1. The van der Waals surface area contributed by atoms with E-state index in [0.29, 0.717) is 5.56 Å². The first-order valence-corrected chi connectivity index (χ1v) is 10.8. The maximum absolute atomic E-state index is 13.6. The second-order valence-corrected chi connectivity index (χ2v) is 8.97. The molecule has 1 aliphatic rings. The summed E-state index contributed by atoms with van der Waals surface area (Å²) in [5.41, 5.74) is 0.511. The van der Waals surface area contributed by atoms with E-state index in [0.717, 1.165) is 18.5 Å². The first-order valence-electron chi connectivity index (χ1n) is 8.87. The molecule has 0 radical (unpaired) electrons. The van der Waals surface area contributed by atoms with Crippen LogP contribution >= 0.6 is 0 Å². The Labute approximate surface area is 166 Å². The van der Waals surface area contributed by atoms with Crippen LogP contribution in [0.3, 0.4) is 0 Å². The van der Waals surface area contributed by atoms with Crippen molar-refractivity contribution in [3.05, 3.63) is 60.1 Å². The zero-order valence-corrected chi connectivity index (χ0v) is 16.3. The van der Waals surface area contributed by atoms with Gasteiger partial charge in [-0.2, -0.15) is 0 Å². The Morgan fingerprint density at radius 3 is 2.24 bits per heavy atom. The highest BCUT2D eigenvalue weighted by molar-refractivity contribution is 7.90. The number of allylic oxidation sites excluding steroid dienone is 1. The number of aromatic nitrogens is 1. The minimum Gasteiger partial charge on any atom is -0.307 e. The molecule has 1 aromatic heterocycles. The van der Waals surface area contributed by atoms with Crippen LogP contribution in [0, 0.1) is 11.7 Å². The molecule has 1 aromatic carbocycles. The molecule has 29 heavy (non-hydrogen) atoms. The number of anilines is 1. The number of nitrogens with zero attached hydrogens (tertiary/aromatic N) is 1. The number of carbonyl (C=O) groups is 1. The minimum atomic E-state index is -3.42. The summed E-state index contributed by atoms with van der Waals surface area (Å²) in [6.45, 7) is 0. The predicted octanol–water partition coefficient (Wildman–Crippen LogP) is 3.73. The minimum absolute atomic E-state index is 0.0475. The number of alkyl halides is 2. The summed E-state index contributed by atoms with van der Waals surface area (Å²) in [7, 11) is -3.42. The molecule has 1 heterocycles. The Balaban J connectivity index is 1.93. The average Bonchev–Trinajstić information content (AvgIpc) is 2.98. The lowest BCUT2D eigenvalue weighted by molar-refractivity contribution is -0.111. The molecular weight excluding hydrogens is 405 g/mol. The molecule has 1 N–H and O–H groups in total. The number of rotatable bonds is 5. The topological polar surface area (TPSA) is 76.1 Å². The van der Waals surface area contributed by atoms with E-state index in [2.05, 4.69) is 10.3 Å². The van der Waals surface area contributed by atoms with E-state index < -0.39 is 39.8 Å². The van der Waals surface area contributed by atoms with Crippen molar-refractivity contribution in [3.8, 4) is 0 Å². The number of amides is 1. The molecule has 0 saturated heterocycles. The van der Waals surface area contributed by atoms with Crippen LogP contribution in [-0.2, 0) is 14.6 Å². The van der Waals surface area contributed by atoms with Crippen molar-refractivity contribution < 1.29 is 26.4 Å². The molecule has 1 unspecified atom stereocenters. The fourth-order valence-corrected chi connectivity index (χ4v) is 3.79. The van der Waals surface area contributed by atoms with Gasteiger partial charge in [0.2, 0.25) is 0 Å². The van der Waals surface area contributed by atoms with Gasteiger partial charge in [-0.1, -0.05) is 18.2 Å². The van der Waals surface area contributed by atoms with Crippen LogP contribution in [-0.4, -0.2) is 37.9 Å². The number of hydrogen-bond donors (Lipinski definition) is 1. The average molecular weight is 424 g/mol. The summed E-state index contributed by atoms with van der Waals surface area (Å²) in [6.07, 6.45) is 0.215. The quantitative estimate of drug-likeness (QED) is 0.742. The molecule has 5 nitrogen and oxygen atoms in total. The van der Waals surface area contributed by atoms with Gasteiger partial charge in [0.05, 0.1) is 11.1 Å². The van der Waals surface area contributed by atoms with Crippen molar-refractivity contribution in [2.24, 2.45) is 5.92 Å². The highest BCUT2D eigenvalue weighted by Crippen LogP contribution is 2.34. The zero-order valence-electron chi connectivity index (χ0n) is 15.5. The first kappa shape index (κ1) is 21.0. The number of carbonyl (C=O) groups excluding carboxylic acids is 1. The van der Waals surface area contributed by atoms with Gasteiger partial charge in [-0.15, -0.1) is 0 Å². The number of pyridine rings is 1. The van der Waals surface area contributed by atoms with Gasteiger partial charge >= 0.3 is 0 Å². The fourth-order valence-electron chi connectivity index (χ4n) is 3.16. The summed E-state index contributed by atoms with van der Waals surface area (Å²) < 4.78 is 63.5. The van der Waals surface area contributed by atoms with Crippen LogP contribution in [0.25, 0.3) is 5.57 Å². The van der Waals surface area contributed by atoms with Gasteiger partial charge < -0.3 is 5.32 Å². The number of hydrogen-bond acceptors (Lipinski definition) is 4. The lowest BCUT2D eigenvalue weighted by Crippen LogP contribution is -2.15. The molecular formula is C20H19F3N2O3S. The summed E-state index contributed by atoms with van der Waals surface area (Å²) >= 11 is 0. The lowest BCUT2D eigenvalue weighted by Gasteiger charge is -2.12. The van der Waals surface area contributed by atoms with E-state index >= 15 is 0 Å². The fraction of sp³-hybridized carbons (Fsp3) is 0.300. The molecule has 1 saturated carbocycles. The zero-order chi connectivity index (χ0) is 21.2. The van der Waals surface area contributed by atoms with Gasteiger partial charge in [-0.3, -0.25) is 4.79 Å². The van der Waals surface area contributed by atoms with E-state index in [9.17, 15) is 26.4 Å². The molecule has 2 aromatic rings. The molecule has 0 aliphatic heterocycles. The van der Waals surface area contributed by atoms with Gasteiger partial charge in [0, 0.05) is 11.8 Å². The molecule has 0 bridgehead atoms. The number of sulfone groups is 1. The monoisotopic (exact) mass is 424 g/mol. The van der Waals surface area contributed by atoms with Crippen LogP contribution in [0.4, 0.5) is 19.0 Å². The summed E-state index contributed by atoms with van der Waals surface area (Å²) in [5, 5.41) is 2.52. The van der Waals surface area contributed by atoms with Crippen molar-refractivity contribution in [1.29, 1.82) is 0 Å². The van der Waals surface area contributed by atoms with Gasteiger partial charge in [0.1, 0.15) is 24.0 Å². The highest BCUT2D eigenvalue weighted by atomic mass is 32.2. The predicted molar refractivity (Wildman–Crippen MR) is 103 cm³/mol. The van der Waals surface area contributed by atoms with E-state index in [1.54, 1.807) is 0 Å². The number of nitrogens with one attached hydrogen (secondary N) is 1. The molecule has 9 heteroatoms. The Bertz CT molecular complexity index is 1010. The largest absolute Gasteiger partial charge is 0.307 e. The van der Waals surface area contributed by atoms with Crippen LogP contribution in [0.1, 0.15) is 18.4 Å². The summed E-state index contributed by atoms with van der Waals surface area (Å²) in [5.74, 6) is -1.55. The van der Waals surface area contributed by atoms with Gasteiger partial charge in [-0.25, -0.2) is 26.6 Å². The van der Waals surface area contributed by atoms with Crippen LogP contribution in [0.2, 0.25) is 0 Å². The smallest absolute Gasteiger partial charge is 0.257 e. The SMILES string of the molecule is CS(=O)(=O)c1ccc(C(=CC2C[C@@H](F)[C@@H](F)C2)C(=O)Nc2ccc(F)cn2)cc1. The molecule has 0 spiro atoms. The Kier molecular flexibility index (Phi) is 6.07. The summed E-state index contributed by atoms with van der Waals surface area (Å²) in [4.78, 5) is 16.7. The van der Waals surface area contributed by atoms with Crippen molar-refractivity contribution in [2.75, 3.05) is 11.6 Å². The van der Waals surface area contributed by atoms with Gasteiger partial charge in [-0.05, 0) is 48.6 Å². The second-order valence-electron chi connectivity index (χ2n) is 6.96. The van der Waals surface area contributed by atoms with Crippen LogP contribution in [0.5, 0.6) is 0 Å². The van der Waals surface area contributed by atoms with Gasteiger partial charge in [0.15, 0.2) is 9.84 Å². The third-order valence-corrected chi connectivity index (χ3v) is 5.79. The molecule has 3 rings (SSSR count). The standard InChI is InChI=1S/C20H19F3N2O3S/c1-29(27,28)15-5-2-13(3-6-15)16(8-12-9-17(22)18(23)10-12)20(26)25-19-7-4-14(21)11-24-19/h2-8,11-12,17-18H,9-10H2,1H3,(H,24,25,26)/t12?,17-,18+. The molecule has 1 fully saturated rings. The Morgan fingerprint density at radius 2 is 1.72 bits per heavy atom. The maximum Gasteiger partial charge on any atom is 0.257 e. The normalized spacial score (nSPS) is 22.5. The second kappa shape index (κ2) is 8.36. The van der Waals surface area contributed by atoms with Crippen molar-refractivity contribution in [1.82, 2.24) is 4.98 Å². The first-order chi connectivity index (χ1) is 13.6. The highest BCUT2D eigenvalue weighted by Gasteiger charge is 2.34. The molecule has 3 atom stereocenters. The van der Waals surface area contributed by atoms with Crippen molar-refractivity contribution in [3.63, 3.8) is 0 Å². The van der Waals surface area contributed by atoms with E-state index in [-0.39, 0.29) is 29.1 Å². The Hall–Kier alpha value is -2.68. The van der Waals surface area contributed by atoms with E-state index in [4.69, 9.17) is 0 Å². The third-order valence-electron chi connectivity index (χ3n) is 4.66. The van der Waals surface area contributed by atoms with Crippen LogP contribution in [0.15, 0.2) is 53.6 Å². The van der Waals surface area contributed by atoms with Crippen molar-refractivity contribution in [2.45, 2.75) is 30.1 Å². The van der Waals surface area contributed by atoms with Gasteiger partial charge in [0.25, 0.3) is 5.91 Å². The lowest BCUT2D eigenvalue weighted by atomic mass is 9.98. The molecule has 1 amide bonds. The van der Waals surface area contributed by atoms with E-state index in [1.165, 1.54) is 36.4 Å². The number of halogens is 3. The molecule has 1 aliphatic carbocycles.